The maximum absolute atomic E-state index is 5.86. The number of ether oxygens (including phenoxy) is 2. The summed E-state index contributed by atoms with van der Waals surface area (Å²) in [4.78, 5) is 2.56. The minimum Gasteiger partial charge on any atom is -0.493 e. The number of nitrogens with one attached hydrogen (secondary N) is 1. The summed E-state index contributed by atoms with van der Waals surface area (Å²) in [5.41, 5.74) is 2.56. The van der Waals surface area contributed by atoms with E-state index in [0.29, 0.717) is 12.6 Å². The molecule has 0 saturated carbocycles. The summed E-state index contributed by atoms with van der Waals surface area (Å²) in [6.45, 7) is 7.10. The average molecular weight is 369 g/mol. The van der Waals surface area contributed by atoms with Crippen molar-refractivity contribution in [3.8, 4) is 11.5 Å². The van der Waals surface area contributed by atoms with Crippen LogP contribution in [0.3, 0.4) is 0 Å². The van der Waals surface area contributed by atoms with Crippen molar-refractivity contribution in [3.63, 3.8) is 0 Å². The molecule has 1 fully saturated rings. The highest BCUT2D eigenvalue weighted by Crippen LogP contribution is 2.28. The highest BCUT2D eigenvalue weighted by molar-refractivity contribution is 5.43. The fourth-order valence-corrected chi connectivity index (χ4v) is 3.59. The van der Waals surface area contributed by atoms with E-state index in [-0.39, 0.29) is 0 Å². The highest BCUT2D eigenvalue weighted by Gasteiger charge is 2.18. The van der Waals surface area contributed by atoms with Gasteiger partial charge < -0.3 is 19.7 Å². The molecule has 27 heavy (non-hydrogen) atoms. The lowest BCUT2D eigenvalue weighted by Crippen LogP contribution is -2.33. The van der Waals surface area contributed by atoms with Crippen LogP contribution in [0.15, 0.2) is 48.5 Å². The van der Waals surface area contributed by atoms with Crippen molar-refractivity contribution in [2.45, 2.75) is 38.8 Å². The first kappa shape index (κ1) is 19.7. The second kappa shape index (κ2) is 10.3. The number of methoxy groups -OCH3 is 1. The molecule has 0 aromatic heterocycles. The molecule has 1 N–H and O–H groups in total. The Kier molecular flexibility index (Phi) is 7.55. The van der Waals surface area contributed by atoms with Crippen LogP contribution in [-0.2, 0) is 6.54 Å². The summed E-state index contributed by atoms with van der Waals surface area (Å²) in [5, 5.41) is 3.76. The molecule has 1 saturated heterocycles. The third-order valence-electron chi connectivity index (χ3n) is 5.08. The van der Waals surface area contributed by atoms with E-state index < -0.39 is 0 Å². The lowest BCUT2D eigenvalue weighted by Gasteiger charge is -2.25. The molecule has 4 heteroatoms. The minimum atomic E-state index is 0.325. The summed E-state index contributed by atoms with van der Waals surface area (Å²) in [6, 6.07) is 17.3. The lowest BCUT2D eigenvalue weighted by molar-refractivity contribution is 0.289. The van der Waals surface area contributed by atoms with Gasteiger partial charge in [0.1, 0.15) is 0 Å². The molecular formula is C23H32N2O2. The Morgan fingerprint density at radius 2 is 1.81 bits per heavy atom. The molecule has 4 nitrogen and oxygen atoms in total. The van der Waals surface area contributed by atoms with Crippen LogP contribution in [-0.4, -0.2) is 38.3 Å². The Labute approximate surface area is 163 Å². The van der Waals surface area contributed by atoms with E-state index in [1.165, 1.54) is 37.1 Å². The van der Waals surface area contributed by atoms with Crippen LogP contribution in [0, 0.1) is 0 Å². The van der Waals surface area contributed by atoms with Crippen LogP contribution in [0.25, 0.3) is 0 Å². The number of benzene rings is 2. The summed E-state index contributed by atoms with van der Waals surface area (Å²) in [6.07, 6.45) is 3.62. The van der Waals surface area contributed by atoms with Crippen molar-refractivity contribution in [1.82, 2.24) is 10.2 Å². The van der Waals surface area contributed by atoms with Gasteiger partial charge in [0, 0.05) is 19.1 Å². The van der Waals surface area contributed by atoms with Gasteiger partial charge in [0.2, 0.25) is 0 Å². The van der Waals surface area contributed by atoms with Crippen LogP contribution in [0.5, 0.6) is 11.5 Å². The minimum absolute atomic E-state index is 0.325. The SMILES string of the molecule is CCCOc1cc(CNC(CN2CCCC2)c2ccccc2)ccc1OC. The standard InChI is InChI=1S/C23H32N2O2/c1-3-15-27-23-16-19(11-12-22(23)26-2)17-24-21(18-25-13-7-8-14-25)20-9-5-4-6-10-20/h4-6,9-12,16,21,24H,3,7-8,13-15,17-18H2,1-2H3. The normalized spacial score (nSPS) is 15.6. The molecule has 1 unspecified atom stereocenters. The van der Waals surface area contributed by atoms with Crippen molar-refractivity contribution >= 4 is 0 Å². The van der Waals surface area contributed by atoms with E-state index in [0.717, 1.165) is 31.0 Å². The molecule has 0 bridgehead atoms. The number of likely N-dealkylation sites (tertiary alicyclic amines) is 1. The van der Waals surface area contributed by atoms with E-state index in [1.54, 1.807) is 7.11 Å². The molecule has 1 atom stereocenters. The molecule has 2 aromatic carbocycles. The number of hydrogen-bond acceptors (Lipinski definition) is 4. The lowest BCUT2D eigenvalue weighted by atomic mass is 10.1. The van der Waals surface area contributed by atoms with Crippen LogP contribution >= 0.6 is 0 Å². The zero-order chi connectivity index (χ0) is 18.9. The topological polar surface area (TPSA) is 33.7 Å². The molecule has 0 amide bonds. The van der Waals surface area contributed by atoms with Gasteiger partial charge in [-0.1, -0.05) is 43.3 Å². The Hall–Kier alpha value is -2.04. The van der Waals surface area contributed by atoms with E-state index in [1.807, 2.05) is 6.07 Å². The fraction of sp³-hybridized carbons (Fsp3) is 0.478. The molecule has 0 spiro atoms. The molecule has 3 rings (SSSR count). The summed E-state index contributed by atoms with van der Waals surface area (Å²) >= 11 is 0. The van der Waals surface area contributed by atoms with Gasteiger partial charge in [0.25, 0.3) is 0 Å². The Morgan fingerprint density at radius 3 is 2.52 bits per heavy atom. The quantitative estimate of drug-likeness (QED) is 0.673. The van der Waals surface area contributed by atoms with E-state index >= 15 is 0 Å². The smallest absolute Gasteiger partial charge is 0.161 e. The largest absolute Gasteiger partial charge is 0.493 e. The zero-order valence-electron chi connectivity index (χ0n) is 16.6. The van der Waals surface area contributed by atoms with Gasteiger partial charge in [0.15, 0.2) is 11.5 Å². The van der Waals surface area contributed by atoms with Gasteiger partial charge in [-0.15, -0.1) is 0 Å². The van der Waals surface area contributed by atoms with E-state index in [2.05, 4.69) is 59.6 Å². The van der Waals surface area contributed by atoms with Gasteiger partial charge in [-0.3, -0.25) is 0 Å². The maximum Gasteiger partial charge on any atom is 0.161 e. The Morgan fingerprint density at radius 1 is 1.04 bits per heavy atom. The summed E-state index contributed by atoms with van der Waals surface area (Å²) in [7, 11) is 1.69. The first-order chi connectivity index (χ1) is 13.3. The average Bonchev–Trinajstić information content (AvgIpc) is 3.23. The summed E-state index contributed by atoms with van der Waals surface area (Å²) < 4.78 is 11.3. The molecule has 2 aromatic rings. The molecule has 1 aliphatic rings. The second-order valence-electron chi connectivity index (χ2n) is 7.19. The number of rotatable bonds is 10. The van der Waals surface area contributed by atoms with Crippen LogP contribution in [0.2, 0.25) is 0 Å². The van der Waals surface area contributed by atoms with Crippen LogP contribution in [0.4, 0.5) is 0 Å². The van der Waals surface area contributed by atoms with E-state index in [9.17, 15) is 0 Å². The first-order valence-corrected chi connectivity index (χ1v) is 10.1. The van der Waals surface area contributed by atoms with Gasteiger partial charge in [-0.2, -0.15) is 0 Å². The van der Waals surface area contributed by atoms with Crippen molar-refractivity contribution in [3.05, 3.63) is 59.7 Å². The van der Waals surface area contributed by atoms with Crippen LogP contribution < -0.4 is 14.8 Å². The van der Waals surface area contributed by atoms with Gasteiger partial charge >= 0.3 is 0 Å². The Bertz CT molecular complexity index is 684. The second-order valence-corrected chi connectivity index (χ2v) is 7.19. The third kappa shape index (κ3) is 5.72. The third-order valence-corrected chi connectivity index (χ3v) is 5.08. The van der Waals surface area contributed by atoms with Gasteiger partial charge in [-0.25, -0.2) is 0 Å². The fourth-order valence-electron chi connectivity index (χ4n) is 3.59. The van der Waals surface area contributed by atoms with Crippen LogP contribution in [0.1, 0.15) is 43.4 Å². The monoisotopic (exact) mass is 368 g/mol. The zero-order valence-corrected chi connectivity index (χ0v) is 16.6. The molecule has 1 aliphatic heterocycles. The van der Waals surface area contributed by atoms with E-state index in [4.69, 9.17) is 9.47 Å². The predicted octanol–water partition coefficient (Wildman–Crippen LogP) is 4.41. The Balaban J connectivity index is 1.68. The first-order valence-electron chi connectivity index (χ1n) is 10.1. The summed E-state index contributed by atoms with van der Waals surface area (Å²) in [5.74, 6) is 1.62. The highest BCUT2D eigenvalue weighted by atomic mass is 16.5. The molecule has 1 heterocycles. The van der Waals surface area contributed by atoms with Crippen molar-refractivity contribution < 1.29 is 9.47 Å². The molecular weight excluding hydrogens is 336 g/mol. The predicted molar refractivity (Wildman–Crippen MR) is 110 cm³/mol. The van der Waals surface area contributed by atoms with Crippen molar-refractivity contribution in [2.75, 3.05) is 33.4 Å². The molecule has 0 aliphatic carbocycles. The maximum atomic E-state index is 5.86. The van der Waals surface area contributed by atoms with Gasteiger partial charge in [-0.05, 0) is 55.6 Å². The molecule has 146 valence electrons. The molecule has 0 radical (unpaired) electrons. The van der Waals surface area contributed by atoms with Crippen molar-refractivity contribution in [2.24, 2.45) is 0 Å². The van der Waals surface area contributed by atoms with Crippen molar-refractivity contribution in [1.29, 1.82) is 0 Å². The van der Waals surface area contributed by atoms with Gasteiger partial charge in [0.05, 0.1) is 13.7 Å². The number of hydrogen-bond donors (Lipinski definition) is 1. The number of nitrogens with zero attached hydrogens (tertiary/aromatic N) is 1.